The van der Waals surface area contributed by atoms with E-state index >= 15 is 0 Å². The van der Waals surface area contributed by atoms with E-state index in [2.05, 4.69) is 35.7 Å². The highest BCUT2D eigenvalue weighted by molar-refractivity contribution is 7.13. The van der Waals surface area contributed by atoms with Crippen LogP contribution in [0.15, 0.2) is 35.7 Å². The van der Waals surface area contributed by atoms with Crippen molar-refractivity contribution in [3.63, 3.8) is 0 Å². The summed E-state index contributed by atoms with van der Waals surface area (Å²) in [6.07, 6.45) is 10.2. The molecule has 4 aliphatic carbocycles. The predicted molar refractivity (Wildman–Crippen MR) is 92.0 cm³/mol. The lowest BCUT2D eigenvalue weighted by Gasteiger charge is -2.47. The van der Waals surface area contributed by atoms with Crippen LogP contribution in [0, 0.1) is 17.8 Å². The Labute approximate surface area is 136 Å². The molecule has 0 aliphatic heterocycles. The molecule has 4 bridgehead atoms. The number of benzene rings is 1. The van der Waals surface area contributed by atoms with Crippen LogP contribution in [0.5, 0.6) is 0 Å². The van der Waals surface area contributed by atoms with Gasteiger partial charge in [0, 0.05) is 16.4 Å². The summed E-state index contributed by atoms with van der Waals surface area (Å²) in [4.78, 5) is 5.13. The van der Waals surface area contributed by atoms with Crippen molar-refractivity contribution in [3.8, 4) is 10.6 Å². The van der Waals surface area contributed by atoms with Crippen molar-refractivity contribution in [2.45, 2.75) is 50.4 Å². The van der Waals surface area contributed by atoms with Crippen molar-refractivity contribution in [1.82, 2.24) is 4.98 Å². The third-order valence-electron chi connectivity index (χ3n) is 6.42. The van der Waals surface area contributed by atoms with Gasteiger partial charge in [0.15, 0.2) is 0 Å². The molecule has 0 N–H and O–H groups in total. The summed E-state index contributed by atoms with van der Waals surface area (Å²) < 4.78 is 0. The van der Waals surface area contributed by atoms with Gasteiger partial charge in [-0.1, -0.05) is 43.2 Å². The van der Waals surface area contributed by atoms with E-state index in [-0.39, 0.29) is 0 Å². The molecule has 4 aliphatic rings. The molecule has 1 aromatic heterocycles. The molecule has 0 radical (unpaired) electrons. The Balaban J connectivity index is 1.53. The van der Waals surface area contributed by atoms with Gasteiger partial charge in [0.2, 0.25) is 0 Å². The maximum atomic E-state index is 5.13. The van der Waals surface area contributed by atoms with Gasteiger partial charge in [0.1, 0.15) is 5.01 Å². The fraction of sp³-hybridized carbons (Fsp3) is 0.550. The van der Waals surface area contributed by atoms with Crippen molar-refractivity contribution in [3.05, 3.63) is 41.4 Å². The molecule has 22 heavy (non-hydrogen) atoms. The lowest BCUT2D eigenvalue weighted by molar-refractivity contribution is 0.0957. The van der Waals surface area contributed by atoms with Gasteiger partial charge < -0.3 is 0 Å². The standard InChI is InChI=1S/C20H23NS/c1-2-4-17(5-3-1)19-21-18(13-22-19)20-10-14-6-7-15(11-20)9-16(8-14)12-20/h1-5,13-16H,6-12H2. The summed E-state index contributed by atoms with van der Waals surface area (Å²) in [6, 6.07) is 10.7. The second-order valence-electron chi connectivity index (χ2n) is 7.94. The van der Waals surface area contributed by atoms with E-state index in [4.69, 9.17) is 4.98 Å². The van der Waals surface area contributed by atoms with Crippen molar-refractivity contribution in [2.24, 2.45) is 17.8 Å². The second kappa shape index (κ2) is 4.92. The summed E-state index contributed by atoms with van der Waals surface area (Å²) in [7, 11) is 0. The molecule has 1 aromatic carbocycles. The van der Waals surface area contributed by atoms with Crippen molar-refractivity contribution in [2.75, 3.05) is 0 Å². The first-order valence-electron chi connectivity index (χ1n) is 8.82. The van der Waals surface area contributed by atoms with Crippen molar-refractivity contribution >= 4 is 11.3 Å². The molecule has 4 fully saturated rings. The van der Waals surface area contributed by atoms with E-state index in [0.717, 1.165) is 17.8 Å². The highest BCUT2D eigenvalue weighted by Gasteiger charge is 2.50. The van der Waals surface area contributed by atoms with E-state index in [0.29, 0.717) is 5.41 Å². The number of fused-ring (bicyclic) bond motifs is 1. The largest absolute Gasteiger partial charge is 0.241 e. The van der Waals surface area contributed by atoms with Crippen LogP contribution in [0.4, 0.5) is 0 Å². The van der Waals surface area contributed by atoms with Gasteiger partial charge in [-0.2, -0.15) is 0 Å². The molecule has 1 nitrogen and oxygen atoms in total. The first-order chi connectivity index (χ1) is 10.8. The summed E-state index contributed by atoms with van der Waals surface area (Å²) in [5.74, 6) is 2.95. The van der Waals surface area contributed by atoms with Crippen molar-refractivity contribution < 1.29 is 0 Å². The molecular formula is C20H23NS. The molecule has 0 amide bonds. The lowest BCUT2D eigenvalue weighted by atomic mass is 9.57. The van der Waals surface area contributed by atoms with Crippen LogP contribution in [-0.4, -0.2) is 4.98 Å². The first-order valence-corrected chi connectivity index (χ1v) is 9.70. The Hall–Kier alpha value is -1.15. The zero-order chi connectivity index (χ0) is 14.6. The fourth-order valence-corrected chi connectivity index (χ4v) is 6.68. The predicted octanol–water partition coefficient (Wildman–Crippen LogP) is 5.67. The minimum absolute atomic E-state index is 0.427. The Morgan fingerprint density at radius 3 is 2.32 bits per heavy atom. The van der Waals surface area contributed by atoms with E-state index in [1.54, 1.807) is 0 Å². The highest BCUT2D eigenvalue weighted by atomic mass is 32.1. The third-order valence-corrected chi connectivity index (χ3v) is 7.31. The third kappa shape index (κ3) is 2.07. The fourth-order valence-electron chi connectivity index (χ4n) is 5.74. The van der Waals surface area contributed by atoms with Gasteiger partial charge in [-0.3, -0.25) is 0 Å². The number of rotatable bonds is 2. The molecule has 2 aromatic rings. The zero-order valence-electron chi connectivity index (χ0n) is 13.0. The van der Waals surface area contributed by atoms with Crippen LogP contribution >= 0.6 is 11.3 Å². The van der Waals surface area contributed by atoms with Gasteiger partial charge >= 0.3 is 0 Å². The van der Waals surface area contributed by atoms with Gasteiger partial charge in [-0.05, 0) is 49.9 Å². The van der Waals surface area contributed by atoms with Crippen molar-refractivity contribution in [1.29, 1.82) is 0 Å². The normalized spacial score (nSPS) is 36.5. The monoisotopic (exact) mass is 309 g/mol. The Kier molecular flexibility index (Phi) is 2.98. The number of hydrogen-bond acceptors (Lipinski definition) is 2. The van der Waals surface area contributed by atoms with Gasteiger partial charge in [0.25, 0.3) is 0 Å². The number of thiazole rings is 1. The summed E-state index contributed by atoms with van der Waals surface area (Å²) in [5.41, 5.74) is 3.13. The minimum atomic E-state index is 0.427. The number of hydrogen-bond donors (Lipinski definition) is 0. The summed E-state index contributed by atoms with van der Waals surface area (Å²) >= 11 is 1.85. The molecule has 1 heterocycles. The van der Waals surface area contributed by atoms with E-state index in [1.165, 1.54) is 61.2 Å². The minimum Gasteiger partial charge on any atom is -0.241 e. The Bertz CT molecular complexity index is 658. The summed E-state index contributed by atoms with van der Waals surface area (Å²) in [6.45, 7) is 0. The molecule has 0 saturated heterocycles. The molecule has 2 heteroatoms. The van der Waals surface area contributed by atoms with E-state index < -0.39 is 0 Å². The molecule has 4 saturated carbocycles. The number of nitrogens with zero attached hydrogens (tertiary/aromatic N) is 1. The number of aromatic nitrogens is 1. The van der Waals surface area contributed by atoms with E-state index in [9.17, 15) is 0 Å². The smallest absolute Gasteiger partial charge is 0.123 e. The zero-order valence-corrected chi connectivity index (χ0v) is 13.8. The molecule has 2 atom stereocenters. The topological polar surface area (TPSA) is 12.9 Å². The van der Waals surface area contributed by atoms with Crippen LogP contribution in [0.25, 0.3) is 10.6 Å². The molecule has 2 unspecified atom stereocenters. The quantitative estimate of drug-likeness (QED) is 0.696. The second-order valence-corrected chi connectivity index (χ2v) is 8.80. The molecular weight excluding hydrogens is 286 g/mol. The maximum absolute atomic E-state index is 5.13. The summed E-state index contributed by atoms with van der Waals surface area (Å²) in [5, 5.41) is 3.60. The molecule has 6 rings (SSSR count). The highest BCUT2D eigenvalue weighted by Crippen LogP contribution is 2.58. The van der Waals surface area contributed by atoms with Crippen LogP contribution in [-0.2, 0) is 5.41 Å². The average molecular weight is 309 g/mol. The van der Waals surface area contributed by atoms with Gasteiger partial charge in [0.05, 0.1) is 5.69 Å². The lowest BCUT2D eigenvalue weighted by Crippen LogP contribution is -2.41. The van der Waals surface area contributed by atoms with E-state index in [1.807, 2.05) is 11.3 Å². The van der Waals surface area contributed by atoms with Gasteiger partial charge in [-0.25, -0.2) is 4.98 Å². The Morgan fingerprint density at radius 2 is 1.59 bits per heavy atom. The first kappa shape index (κ1) is 13.3. The van der Waals surface area contributed by atoms with Crippen LogP contribution < -0.4 is 0 Å². The van der Waals surface area contributed by atoms with Crippen LogP contribution in [0.1, 0.15) is 50.6 Å². The SMILES string of the molecule is c1ccc(-c2nc(C34CC5CCC(CC(C5)C3)C4)cs2)cc1. The van der Waals surface area contributed by atoms with Gasteiger partial charge in [-0.15, -0.1) is 11.3 Å². The van der Waals surface area contributed by atoms with Crippen LogP contribution in [0.2, 0.25) is 0 Å². The molecule has 0 spiro atoms. The maximum Gasteiger partial charge on any atom is 0.123 e. The molecule has 114 valence electrons. The Morgan fingerprint density at radius 1 is 0.909 bits per heavy atom. The van der Waals surface area contributed by atoms with Crippen LogP contribution in [0.3, 0.4) is 0 Å². The average Bonchev–Trinajstić information content (AvgIpc) is 2.95.